The van der Waals surface area contributed by atoms with E-state index in [1.807, 2.05) is 0 Å². The van der Waals surface area contributed by atoms with Gasteiger partial charge in [0.05, 0.1) is 10.8 Å². The number of aromatic nitrogens is 2. The molecular formula is C14H17N5O2S2. The largest absolute Gasteiger partial charge is 0.367 e. The highest BCUT2D eigenvalue weighted by atomic mass is 32.2. The fourth-order valence-electron chi connectivity index (χ4n) is 2.59. The maximum atomic E-state index is 12.0. The fraction of sp³-hybridized carbons (Fsp3) is 0.571. The molecule has 9 heteroatoms. The Hall–Kier alpha value is -1.61. The van der Waals surface area contributed by atoms with Crippen molar-refractivity contribution in [3.63, 3.8) is 0 Å². The number of thioether (sulfide) groups is 1. The summed E-state index contributed by atoms with van der Waals surface area (Å²) in [4.78, 5) is 31.5. The summed E-state index contributed by atoms with van der Waals surface area (Å²) >= 11 is 2.71. The van der Waals surface area contributed by atoms with Gasteiger partial charge in [-0.2, -0.15) is 4.99 Å². The Morgan fingerprint density at radius 3 is 3.09 bits per heavy atom. The second-order valence-corrected chi connectivity index (χ2v) is 7.43. The maximum Gasteiger partial charge on any atom is 0.367 e. The van der Waals surface area contributed by atoms with Crippen molar-refractivity contribution in [1.82, 2.24) is 10.2 Å². The third-order valence-electron chi connectivity index (χ3n) is 3.60. The molecule has 3 rings (SSSR count). The molecule has 7 nitrogen and oxygen atoms in total. The van der Waals surface area contributed by atoms with Crippen molar-refractivity contribution in [2.45, 2.75) is 39.0 Å². The average Bonchev–Trinajstić information content (AvgIpc) is 3.14. The summed E-state index contributed by atoms with van der Waals surface area (Å²) in [6, 6.07) is -0.450. The molecule has 0 radical (unpaired) electrons. The zero-order valence-corrected chi connectivity index (χ0v) is 14.4. The van der Waals surface area contributed by atoms with Gasteiger partial charge in [-0.25, -0.2) is 9.79 Å². The number of urea groups is 1. The molecule has 1 N–H and O–H groups in total. The van der Waals surface area contributed by atoms with Crippen LogP contribution in [0.5, 0.6) is 0 Å². The van der Waals surface area contributed by atoms with E-state index in [0.29, 0.717) is 5.13 Å². The molecule has 1 aliphatic carbocycles. The number of anilines is 1. The van der Waals surface area contributed by atoms with Crippen LogP contribution in [-0.2, 0) is 11.2 Å². The van der Waals surface area contributed by atoms with E-state index in [4.69, 9.17) is 0 Å². The van der Waals surface area contributed by atoms with E-state index in [-0.39, 0.29) is 17.6 Å². The van der Waals surface area contributed by atoms with Gasteiger partial charge in [0, 0.05) is 18.1 Å². The Morgan fingerprint density at radius 2 is 2.26 bits per heavy atom. The Labute approximate surface area is 142 Å². The SMILES string of the molecule is CCCc1nnc(NC(=O)CSC2=NC(=O)N=C3CCCC32)s1. The van der Waals surface area contributed by atoms with E-state index in [9.17, 15) is 9.59 Å². The number of aryl methyl sites for hydroxylation is 1. The summed E-state index contributed by atoms with van der Waals surface area (Å²) in [7, 11) is 0. The van der Waals surface area contributed by atoms with Crippen molar-refractivity contribution >= 4 is 50.9 Å². The number of carbonyl (C=O) groups excluding carboxylic acids is 2. The van der Waals surface area contributed by atoms with Crippen LogP contribution in [0.4, 0.5) is 9.93 Å². The second kappa shape index (κ2) is 7.31. The third kappa shape index (κ3) is 4.03. The van der Waals surface area contributed by atoms with Crippen molar-refractivity contribution in [2.75, 3.05) is 11.1 Å². The molecule has 1 aliphatic heterocycles. The molecule has 1 aromatic rings. The summed E-state index contributed by atoms with van der Waals surface area (Å²) in [5.74, 6) is 0.174. The smallest absolute Gasteiger partial charge is 0.300 e. The van der Waals surface area contributed by atoms with Crippen LogP contribution in [0.3, 0.4) is 0 Å². The molecule has 0 aromatic carbocycles. The predicted octanol–water partition coefficient (Wildman–Crippen LogP) is 2.94. The summed E-state index contributed by atoms with van der Waals surface area (Å²) in [5, 5.41) is 12.9. The van der Waals surface area contributed by atoms with E-state index >= 15 is 0 Å². The third-order valence-corrected chi connectivity index (χ3v) is 5.58. The first-order valence-electron chi connectivity index (χ1n) is 7.60. The Balaban J connectivity index is 1.53. The van der Waals surface area contributed by atoms with Gasteiger partial charge in [0.15, 0.2) is 0 Å². The Kier molecular flexibility index (Phi) is 5.16. The molecule has 3 amide bonds. The van der Waals surface area contributed by atoms with Crippen LogP contribution >= 0.6 is 23.1 Å². The molecule has 2 aliphatic rings. The van der Waals surface area contributed by atoms with E-state index in [0.717, 1.165) is 47.9 Å². The quantitative estimate of drug-likeness (QED) is 0.879. The highest BCUT2D eigenvalue weighted by Crippen LogP contribution is 2.31. The van der Waals surface area contributed by atoms with Crippen LogP contribution in [0.2, 0.25) is 0 Å². The summed E-state index contributed by atoms with van der Waals surface area (Å²) < 4.78 is 0. The first kappa shape index (κ1) is 16.3. The van der Waals surface area contributed by atoms with Crippen molar-refractivity contribution in [2.24, 2.45) is 15.9 Å². The van der Waals surface area contributed by atoms with Crippen LogP contribution < -0.4 is 5.32 Å². The summed E-state index contributed by atoms with van der Waals surface area (Å²) in [5.41, 5.74) is 0.918. The molecule has 23 heavy (non-hydrogen) atoms. The van der Waals surface area contributed by atoms with E-state index < -0.39 is 6.03 Å². The number of carbonyl (C=O) groups is 2. The standard InChI is InChI=1S/C14H17N5O2S2/c1-2-4-11-18-19-14(23-11)16-10(20)7-22-12-8-5-3-6-9(8)15-13(21)17-12/h8H,2-7H2,1H3,(H,16,19,20). The van der Waals surface area contributed by atoms with Gasteiger partial charge in [0.1, 0.15) is 5.01 Å². The lowest BCUT2D eigenvalue weighted by Gasteiger charge is -2.16. The van der Waals surface area contributed by atoms with Gasteiger partial charge < -0.3 is 0 Å². The van der Waals surface area contributed by atoms with Crippen LogP contribution in [0.1, 0.15) is 37.6 Å². The lowest BCUT2D eigenvalue weighted by molar-refractivity contribution is -0.113. The zero-order valence-electron chi connectivity index (χ0n) is 12.7. The van der Waals surface area contributed by atoms with Crippen LogP contribution in [-0.4, -0.2) is 38.6 Å². The van der Waals surface area contributed by atoms with Crippen molar-refractivity contribution in [3.8, 4) is 0 Å². The fourth-order valence-corrected chi connectivity index (χ4v) is 4.40. The first-order valence-corrected chi connectivity index (χ1v) is 9.41. The topological polar surface area (TPSA) is 96.7 Å². The maximum absolute atomic E-state index is 12.0. The van der Waals surface area contributed by atoms with Gasteiger partial charge in [-0.1, -0.05) is 30.0 Å². The van der Waals surface area contributed by atoms with E-state index in [2.05, 4.69) is 32.4 Å². The van der Waals surface area contributed by atoms with Gasteiger partial charge >= 0.3 is 6.03 Å². The zero-order chi connectivity index (χ0) is 16.2. The molecule has 0 spiro atoms. The monoisotopic (exact) mass is 351 g/mol. The second-order valence-electron chi connectivity index (χ2n) is 5.37. The van der Waals surface area contributed by atoms with Gasteiger partial charge in [-0.3, -0.25) is 10.1 Å². The van der Waals surface area contributed by atoms with Gasteiger partial charge in [0.2, 0.25) is 11.0 Å². The molecule has 1 aromatic heterocycles. The minimum atomic E-state index is -0.450. The lowest BCUT2D eigenvalue weighted by atomic mass is 10.1. The normalized spacial score (nSPS) is 20.0. The number of nitrogens with one attached hydrogen (secondary N) is 1. The molecule has 1 atom stereocenters. The minimum absolute atomic E-state index is 0.128. The number of fused-ring (bicyclic) bond motifs is 1. The first-order chi connectivity index (χ1) is 11.2. The van der Waals surface area contributed by atoms with Gasteiger partial charge in [0.25, 0.3) is 0 Å². The molecule has 1 unspecified atom stereocenters. The van der Waals surface area contributed by atoms with Gasteiger partial charge in [-0.05, 0) is 25.7 Å². The number of amides is 3. The van der Waals surface area contributed by atoms with Crippen LogP contribution in [0.25, 0.3) is 0 Å². The number of nitrogens with zero attached hydrogens (tertiary/aromatic N) is 4. The molecule has 1 fully saturated rings. The van der Waals surface area contributed by atoms with E-state index in [1.165, 1.54) is 23.1 Å². The summed E-state index contributed by atoms with van der Waals surface area (Å²) in [6.07, 6.45) is 4.69. The van der Waals surface area contributed by atoms with Crippen molar-refractivity contribution in [3.05, 3.63) is 5.01 Å². The number of aliphatic imine (C=N–C) groups is 2. The minimum Gasteiger partial charge on any atom is -0.300 e. The summed E-state index contributed by atoms with van der Waals surface area (Å²) in [6.45, 7) is 2.07. The Bertz CT molecular complexity index is 682. The number of hydrogen-bond acceptors (Lipinski definition) is 6. The Morgan fingerprint density at radius 1 is 1.39 bits per heavy atom. The van der Waals surface area contributed by atoms with E-state index in [1.54, 1.807) is 0 Å². The average molecular weight is 351 g/mol. The molecular weight excluding hydrogens is 334 g/mol. The van der Waals surface area contributed by atoms with Crippen molar-refractivity contribution < 1.29 is 9.59 Å². The molecule has 2 heterocycles. The number of rotatable bonds is 5. The number of hydrogen-bond donors (Lipinski definition) is 1. The molecule has 0 bridgehead atoms. The predicted molar refractivity (Wildman–Crippen MR) is 92.6 cm³/mol. The highest BCUT2D eigenvalue weighted by molar-refractivity contribution is 8.14. The van der Waals surface area contributed by atoms with Crippen molar-refractivity contribution in [1.29, 1.82) is 0 Å². The molecule has 0 saturated heterocycles. The van der Waals surface area contributed by atoms with Crippen LogP contribution in [0, 0.1) is 5.92 Å². The molecule has 1 saturated carbocycles. The molecule has 122 valence electrons. The van der Waals surface area contributed by atoms with Crippen LogP contribution in [0.15, 0.2) is 9.98 Å². The van der Waals surface area contributed by atoms with Gasteiger partial charge in [-0.15, -0.1) is 10.2 Å². The lowest BCUT2D eigenvalue weighted by Crippen LogP contribution is -2.24. The highest BCUT2D eigenvalue weighted by Gasteiger charge is 2.32.